The average Bonchev–Trinajstić information content (AvgIpc) is 3.09. The molecule has 2 fully saturated rings. The summed E-state index contributed by atoms with van der Waals surface area (Å²) in [5.74, 6) is -0.389. The van der Waals surface area contributed by atoms with E-state index < -0.39 is 43.6 Å². The lowest BCUT2D eigenvalue weighted by atomic mass is 9.89. The van der Waals surface area contributed by atoms with Crippen molar-refractivity contribution in [1.82, 2.24) is 9.55 Å². The Morgan fingerprint density at radius 1 is 1.36 bits per heavy atom. The maximum Gasteiger partial charge on any atom is 0.330 e. The quantitative estimate of drug-likeness (QED) is 0.557. The Morgan fingerprint density at radius 3 is 2.54 bits per heavy atom. The van der Waals surface area contributed by atoms with Crippen molar-refractivity contribution in [2.45, 2.75) is 75.8 Å². The predicted molar refractivity (Wildman–Crippen MR) is 102 cm³/mol. The molecular formula is C18H28N2O7Si. The molecule has 0 radical (unpaired) electrons. The number of aliphatic hydroxyl groups excluding tert-OH is 1. The maximum atomic E-state index is 12.4. The summed E-state index contributed by atoms with van der Waals surface area (Å²) in [6.45, 7) is 9.94. The fraction of sp³-hybridized carbons (Fsp3) is 0.722. The maximum absolute atomic E-state index is 12.4. The molecule has 10 heteroatoms. The number of aromatic nitrogens is 2. The van der Waals surface area contributed by atoms with Gasteiger partial charge in [0.05, 0.1) is 6.61 Å². The number of ether oxygens (including phenoxy) is 2. The molecule has 2 aliphatic rings. The minimum absolute atomic E-state index is 0.144. The van der Waals surface area contributed by atoms with Gasteiger partial charge in [-0.1, -0.05) is 20.8 Å². The monoisotopic (exact) mass is 412 g/mol. The molecule has 3 rings (SSSR count). The number of aliphatic hydroxyl groups is 1. The van der Waals surface area contributed by atoms with Gasteiger partial charge in [0.2, 0.25) is 0 Å². The molecule has 9 nitrogen and oxygen atoms in total. The first-order chi connectivity index (χ1) is 12.9. The largest absolute Gasteiger partial charge is 0.453 e. The van der Waals surface area contributed by atoms with E-state index >= 15 is 0 Å². The van der Waals surface area contributed by atoms with Gasteiger partial charge >= 0.3 is 11.7 Å². The van der Waals surface area contributed by atoms with E-state index in [1.165, 1.54) is 16.8 Å². The molecule has 3 heterocycles. The van der Waals surface area contributed by atoms with Gasteiger partial charge in [0.15, 0.2) is 20.1 Å². The Hall–Kier alpha value is -1.75. The zero-order valence-corrected chi connectivity index (χ0v) is 17.9. The van der Waals surface area contributed by atoms with E-state index in [1.54, 1.807) is 0 Å². The van der Waals surface area contributed by atoms with E-state index in [2.05, 4.69) is 38.8 Å². The number of hydrogen-bond acceptors (Lipinski definition) is 7. The van der Waals surface area contributed by atoms with Gasteiger partial charge in [0.25, 0.3) is 5.56 Å². The van der Waals surface area contributed by atoms with Crippen LogP contribution in [0.1, 0.15) is 39.8 Å². The summed E-state index contributed by atoms with van der Waals surface area (Å²) in [4.78, 5) is 38.1. The van der Waals surface area contributed by atoms with Gasteiger partial charge in [-0.25, -0.2) is 4.79 Å². The van der Waals surface area contributed by atoms with Crippen LogP contribution in [0, 0.1) is 0 Å². The van der Waals surface area contributed by atoms with Crippen molar-refractivity contribution in [3.63, 3.8) is 0 Å². The number of H-pyrrole nitrogens is 1. The number of aromatic amines is 1. The fourth-order valence-corrected chi connectivity index (χ4v) is 4.81. The van der Waals surface area contributed by atoms with E-state index in [0.29, 0.717) is 6.42 Å². The molecule has 2 saturated heterocycles. The third-order valence-corrected chi connectivity index (χ3v) is 10.6. The van der Waals surface area contributed by atoms with Crippen molar-refractivity contribution < 1.29 is 23.8 Å². The van der Waals surface area contributed by atoms with Crippen LogP contribution in [0.15, 0.2) is 21.9 Å². The second kappa shape index (κ2) is 6.94. The van der Waals surface area contributed by atoms with Gasteiger partial charge in [0, 0.05) is 25.1 Å². The zero-order valence-electron chi connectivity index (χ0n) is 16.9. The lowest BCUT2D eigenvalue weighted by Crippen LogP contribution is -2.56. The van der Waals surface area contributed by atoms with Crippen LogP contribution in [0.3, 0.4) is 0 Å². The van der Waals surface area contributed by atoms with Crippen molar-refractivity contribution in [2.75, 3.05) is 6.61 Å². The molecule has 156 valence electrons. The van der Waals surface area contributed by atoms with E-state index in [9.17, 15) is 19.5 Å². The smallest absolute Gasteiger partial charge is 0.330 e. The molecule has 0 aliphatic carbocycles. The minimum atomic E-state index is -2.37. The van der Waals surface area contributed by atoms with Crippen LogP contribution >= 0.6 is 0 Å². The number of hydrogen-bond donors (Lipinski definition) is 2. The normalized spacial score (nSPS) is 30.8. The Morgan fingerprint density at radius 2 is 2.04 bits per heavy atom. The highest BCUT2D eigenvalue weighted by Gasteiger charge is 2.64. The van der Waals surface area contributed by atoms with Crippen molar-refractivity contribution in [3.05, 3.63) is 33.1 Å². The Kier molecular flexibility index (Phi) is 5.20. The first-order valence-electron chi connectivity index (χ1n) is 9.39. The van der Waals surface area contributed by atoms with Crippen LogP contribution in [0.5, 0.6) is 0 Å². The Labute approximate surface area is 163 Å². The average molecular weight is 413 g/mol. The molecular weight excluding hydrogens is 384 g/mol. The molecule has 1 aromatic rings. The lowest BCUT2D eigenvalue weighted by molar-refractivity contribution is -0.160. The molecule has 0 aromatic carbocycles. The van der Waals surface area contributed by atoms with Crippen LogP contribution in [0.2, 0.25) is 18.1 Å². The first-order valence-corrected chi connectivity index (χ1v) is 12.3. The SMILES string of the molecule is CC(C)(C)[Si](C)(C)O[C@H]1[C@H](n2ccc(=O)[nH]c2=O)O[C@H](CO)[C@@]12CCC(=O)O2. The van der Waals surface area contributed by atoms with Gasteiger partial charge in [-0.3, -0.25) is 19.1 Å². The van der Waals surface area contributed by atoms with Crippen molar-refractivity contribution in [2.24, 2.45) is 0 Å². The van der Waals surface area contributed by atoms with Crippen molar-refractivity contribution >= 4 is 14.3 Å². The molecule has 0 unspecified atom stereocenters. The van der Waals surface area contributed by atoms with E-state index in [4.69, 9.17) is 13.9 Å². The van der Waals surface area contributed by atoms with Gasteiger partial charge in [-0.2, -0.15) is 0 Å². The number of nitrogens with one attached hydrogen (secondary N) is 1. The summed E-state index contributed by atoms with van der Waals surface area (Å²) in [6, 6.07) is 1.22. The molecule has 4 atom stereocenters. The standard InChI is InChI=1S/C18H28N2O7Si/c1-17(2,3)28(4,5)27-14-15(20-9-7-12(22)19-16(20)24)25-11(10-21)18(14)8-6-13(23)26-18/h7,9,11,14-15,21H,6,8,10H2,1-5H3,(H,19,22,24)/t11-,14+,15-,18+/m1/s1. The van der Waals surface area contributed by atoms with Crippen LogP contribution < -0.4 is 11.2 Å². The molecule has 0 saturated carbocycles. The van der Waals surface area contributed by atoms with Crippen molar-refractivity contribution in [3.8, 4) is 0 Å². The van der Waals surface area contributed by atoms with Gasteiger partial charge in [0.1, 0.15) is 12.2 Å². The molecule has 0 amide bonds. The van der Waals surface area contributed by atoms with E-state index in [1.807, 2.05) is 0 Å². The van der Waals surface area contributed by atoms with E-state index in [0.717, 1.165) is 0 Å². The fourth-order valence-electron chi connectivity index (χ4n) is 3.51. The van der Waals surface area contributed by atoms with Gasteiger partial charge in [-0.15, -0.1) is 0 Å². The third kappa shape index (κ3) is 3.38. The summed E-state index contributed by atoms with van der Waals surface area (Å²) >= 11 is 0. The molecule has 2 N–H and O–H groups in total. The highest BCUT2D eigenvalue weighted by molar-refractivity contribution is 6.74. The first kappa shape index (κ1) is 21.0. The summed E-state index contributed by atoms with van der Waals surface area (Å²) in [5.41, 5.74) is -2.36. The topological polar surface area (TPSA) is 120 Å². The Bertz CT molecular complexity index is 872. The number of nitrogens with zero attached hydrogens (tertiary/aromatic N) is 1. The lowest BCUT2D eigenvalue weighted by Gasteiger charge is -2.43. The van der Waals surface area contributed by atoms with Crippen molar-refractivity contribution in [1.29, 1.82) is 0 Å². The van der Waals surface area contributed by atoms with Crippen LogP contribution in [0.4, 0.5) is 0 Å². The summed E-state index contributed by atoms with van der Waals surface area (Å²) < 4.78 is 19.5. The van der Waals surface area contributed by atoms with Gasteiger partial charge < -0.3 is 19.0 Å². The molecule has 1 spiro atoms. The number of rotatable bonds is 4. The minimum Gasteiger partial charge on any atom is -0.453 e. The second-order valence-corrected chi connectivity index (χ2v) is 13.7. The van der Waals surface area contributed by atoms with Gasteiger partial charge in [-0.05, 0) is 18.1 Å². The highest BCUT2D eigenvalue weighted by Crippen LogP contribution is 2.50. The highest BCUT2D eigenvalue weighted by atomic mass is 28.4. The van der Waals surface area contributed by atoms with Crippen LogP contribution in [0.25, 0.3) is 0 Å². The molecule has 28 heavy (non-hydrogen) atoms. The number of esters is 1. The van der Waals surface area contributed by atoms with Crippen LogP contribution in [-0.2, 0) is 18.7 Å². The van der Waals surface area contributed by atoms with Crippen LogP contribution in [-0.4, -0.2) is 53.4 Å². The zero-order chi connectivity index (χ0) is 20.9. The Balaban J connectivity index is 2.11. The summed E-state index contributed by atoms with van der Waals surface area (Å²) in [5, 5.41) is 9.78. The van der Waals surface area contributed by atoms with E-state index in [-0.39, 0.29) is 24.0 Å². The molecule has 1 aromatic heterocycles. The third-order valence-electron chi connectivity index (χ3n) is 6.13. The second-order valence-electron chi connectivity index (χ2n) is 8.94. The summed E-state index contributed by atoms with van der Waals surface area (Å²) in [7, 11) is -2.37. The molecule has 0 bridgehead atoms. The number of carbonyl (C=O) groups is 1. The molecule has 2 aliphatic heterocycles. The summed E-state index contributed by atoms with van der Waals surface area (Å²) in [6.07, 6.45) is -0.729. The predicted octanol–water partition coefficient (Wildman–Crippen LogP) is 0.893. The number of carbonyl (C=O) groups excluding carboxylic acids is 1.